The van der Waals surface area contributed by atoms with E-state index in [1.54, 1.807) is 0 Å². The molecular weight excluding hydrogens is 216 g/mol. The molecule has 4 heteroatoms. The zero-order valence-electron chi connectivity index (χ0n) is 11.8. The van der Waals surface area contributed by atoms with Crippen LogP contribution >= 0.6 is 0 Å². The Kier molecular flexibility index (Phi) is 10.2. The van der Waals surface area contributed by atoms with Gasteiger partial charge in [-0.15, -0.1) is 0 Å². The molecule has 0 rings (SSSR count). The first-order chi connectivity index (χ1) is 8.13. The smallest absolute Gasteiger partial charge is 0.319 e. The van der Waals surface area contributed by atoms with Crippen molar-refractivity contribution >= 4 is 5.97 Å². The van der Waals surface area contributed by atoms with Crippen molar-refractivity contribution in [3.8, 4) is 0 Å². The number of nitrogens with zero attached hydrogens (tertiary/aromatic N) is 1. The van der Waals surface area contributed by atoms with Crippen LogP contribution in [0.3, 0.4) is 0 Å². The summed E-state index contributed by atoms with van der Waals surface area (Å²) in [5.41, 5.74) is 0. The lowest BCUT2D eigenvalue weighted by atomic mass is 10.2. The van der Waals surface area contributed by atoms with Gasteiger partial charge in [-0.2, -0.15) is 0 Å². The van der Waals surface area contributed by atoms with E-state index in [1.165, 1.54) is 6.42 Å². The fourth-order valence-electron chi connectivity index (χ4n) is 1.73. The maximum Gasteiger partial charge on any atom is 0.319 e. The van der Waals surface area contributed by atoms with Crippen molar-refractivity contribution in [3.63, 3.8) is 0 Å². The third-order valence-corrected chi connectivity index (χ3v) is 2.91. The van der Waals surface area contributed by atoms with Crippen LogP contribution in [0.15, 0.2) is 0 Å². The van der Waals surface area contributed by atoms with Gasteiger partial charge in [0.05, 0.1) is 13.2 Å². The molecule has 0 bridgehead atoms. The van der Waals surface area contributed by atoms with Gasteiger partial charge in [0.25, 0.3) is 0 Å². The highest BCUT2D eigenvalue weighted by Gasteiger charge is 2.06. The minimum atomic E-state index is -0.164. The van der Waals surface area contributed by atoms with Crippen LogP contribution in [0.1, 0.15) is 40.5 Å². The van der Waals surface area contributed by atoms with Crippen LogP contribution in [0.2, 0.25) is 0 Å². The Morgan fingerprint density at radius 1 is 1.29 bits per heavy atom. The predicted molar refractivity (Wildman–Crippen MR) is 71.1 cm³/mol. The van der Waals surface area contributed by atoms with Crippen LogP contribution in [0.5, 0.6) is 0 Å². The lowest BCUT2D eigenvalue weighted by molar-refractivity contribution is -0.142. The molecule has 17 heavy (non-hydrogen) atoms. The largest absolute Gasteiger partial charge is 0.465 e. The van der Waals surface area contributed by atoms with Crippen molar-refractivity contribution in [2.75, 3.05) is 32.8 Å². The van der Waals surface area contributed by atoms with Gasteiger partial charge in [-0.3, -0.25) is 4.79 Å². The molecule has 4 nitrogen and oxygen atoms in total. The van der Waals surface area contributed by atoms with Gasteiger partial charge in [0.2, 0.25) is 0 Å². The molecule has 0 aliphatic carbocycles. The normalized spacial score (nSPS) is 12.8. The van der Waals surface area contributed by atoms with Gasteiger partial charge in [0.1, 0.15) is 0 Å². The van der Waals surface area contributed by atoms with Gasteiger partial charge in [0, 0.05) is 6.04 Å². The van der Waals surface area contributed by atoms with Crippen molar-refractivity contribution in [2.45, 2.75) is 46.6 Å². The number of nitrogens with one attached hydrogen (secondary N) is 1. The number of carbonyl (C=O) groups excluding carboxylic acids is 1. The number of ether oxygens (including phenoxy) is 1. The number of rotatable bonds is 10. The van der Waals surface area contributed by atoms with Crippen molar-refractivity contribution < 1.29 is 9.53 Å². The molecule has 0 saturated heterocycles. The second kappa shape index (κ2) is 10.5. The van der Waals surface area contributed by atoms with Crippen LogP contribution in [0.25, 0.3) is 0 Å². The highest BCUT2D eigenvalue weighted by Crippen LogP contribution is 1.99. The summed E-state index contributed by atoms with van der Waals surface area (Å²) in [7, 11) is 0. The average molecular weight is 244 g/mol. The Morgan fingerprint density at radius 3 is 2.47 bits per heavy atom. The number of hydrogen-bond acceptors (Lipinski definition) is 4. The van der Waals surface area contributed by atoms with Gasteiger partial charge in [-0.05, 0) is 46.3 Å². The van der Waals surface area contributed by atoms with E-state index in [2.05, 4.69) is 31.0 Å². The van der Waals surface area contributed by atoms with E-state index >= 15 is 0 Å². The Labute approximate surface area is 106 Å². The van der Waals surface area contributed by atoms with Gasteiger partial charge in [0.15, 0.2) is 0 Å². The van der Waals surface area contributed by atoms with E-state index in [1.807, 2.05) is 6.92 Å². The fraction of sp³-hybridized carbons (Fsp3) is 0.923. The summed E-state index contributed by atoms with van der Waals surface area (Å²) < 4.78 is 4.86. The Hall–Kier alpha value is -0.610. The van der Waals surface area contributed by atoms with Gasteiger partial charge in [-0.1, -0.05) is 13.8 Å². The van der Waals surface area contributed by atoms with E-state index in [0.29, 0.717) is 19.2 Å². The standard InChI is InChI=1S/C13H28N2O2/c1-5-15(6-2)10-8-9-12(4)14-11-13(16)17-7-3/h12,14H,5-11H2,1-4H3. The first-order valence-electron chi connectivity index (χ1n) is 6.75. The van der Waals surface area contributed by atoms with Gasteiger partial charge >= 0.3 is 5.97 Å². The molecule has 0 amide bonds. The van der Waals surface area contributed by atoms with Crippen LogP contribution in [0.4, 0.5) is 0 Å². The molecule has 0 aromatic carbocycles. The zero-order chi connectivity index (χ0) is 13.1. The molecule has 0 aliphatic rings. The maximum atomic E-state index is 11.1. The van der Waals surface area contributed by atoms with E-state index in [-0.39, 0.29) is 5.97 Å². The molecule has 1 unspecified atom stereocenters. The summed E-state index contributed by atoms with van der Waals surface area (Å²) in [5.74, 6) is -0.164. The Morgan fingerprint density at radius 2 is 1.94 bits per heavy atom. The van der Waals surface area contributed by atoms with Crippen LogP contribution in [-0.4, -0.2) is 49.7 Å². The highest BCUT2D eigenvalue weighted by molar-refractivity contribution is 5.71. The number of carbonyl (C=O) groups is 1. The summed E-state index contributed by atoms with van der Waals surface area (Å²) >= 11 is 0. The third-order valence-electron chi connectivity index (χ3n) is 2.91. The average Bonchev–Trinajstić information content (AvgIpc) is 2.32. The van der Waals surface area contributed by atoms with Crippen molar-refractivity contribution in [1.29, 1.82) is 0 Å². The summed E-state index contributed by atoms with van der Waals surface area (Å²) in [6.45, 7) is 12.4. The Balaban J connectivity index is 3.52. The molecule has 0 saturated carbocycles. The molecule has 0 radical (unpaired) electrons. The van der Waals surface area contributed by atoms with E-state index in [9.17, 15) is 4.79 Å². The molecule has 102 valence electrons. The molecule has 0 aromatic heterocycles. The Bertz CT molecular complexity index is 194. The maximum absolute atomic E-state index is 11.1. The minimum absolute atomic E-state index is 0.164. The molecular formula is C13H28N2O2. The minimum Gasteiger partial charge on any atom is -0.465 e. The van der Waals surface area contributed by atoms with Crippen molar-refractivity contribution in [2.24, 2.45) is 0 Å². The first-order valence-corrected chi connectivity index (χ1v) is 6.75. The molecule has 1 N–H and O–H groups in total. The van der Waals surface area contributed by atoms with Gasteiger partial charge in [-0.25, -0.2) is 0 Å². The second-order valence-electron chi connectivity index (χ2n) is 4.26. The monoisotopic (exact) mass is 244 g/mol. The molecule has 0 aliphatic heterocycles. The topological polar surface area (TPSA) is 41.6 Å². The van der Waals surface area contributed by atoms with E-state index in [0.717, 1.165) is 26.1 Å². The summed E-state index contributed by atoms with van der Waals surface area (Å²) in [6.07, 6.45) is 2.26. The fourth-order valence-corrected chi connectivity index (χ4v) is 1.73. The second-order valence-corrected chi connectivity index (χ2v) is 4.26. The highest BCUT2D eigenvalue weighted by atomic mass is 16.5. The van der Waals surface area contributed by atoms with Crippen LogP contribution in [-0.2, 0) is 9.53 Å². The third kappa shape index (κ3) is 9.12. The van der Waals surface area contributed by atoms with Crippen LogP contribution < -0.4 is 5.32 Å². The predicted octanol–water partition coefficient (Wildman–Crippen LogP) is 1.65. The van der Waals surface area contributed by atoms with E-state index in [4.69, 9.17) is 4.74 Å². The number of hydrogen-bond donors (Lipinski definition) is 1. The molecule has 1 atom stereocenters. The summed E-state index contributed by atoms with van der Waals surface area (Å²) in [6, 6.07) is 0.370. The van der Waals surface area contributed by atoms with Crippen molar-refractivity contribution in [3.05, 3.63) is 0 Å². The number of esters is 1. The van der Waals surface area contributed by atoms with Crippen LogP contribution in [0, 0.1) is 0 Å². The van der Waals surface area contributed by atoms with Gasteiger partial charge < -0.3 is 15.0 Å². The lowest BCUT2D eigenvalue weighted by Gasteiger charge is -2.19. The summed E-state index contributed by atoms with van der Waals surface area (Å²) in [4.78, 5) is 13.5. The molecule has 0 spiro atoms. The molecule has 0 heterocycles. The molecule has 0 fully saturated rings. The SMILES string of the molecule is CCOC(=O)CNC(C)CCCN(CC)CC. The quantitative estimate of drug-likeness (QED) is 0.593. The lowest BCUT2D eigenvalue weighted by Crippen LogP contribution is -2.33. The zero-order valence-corrected chi connectivity index (χ0v) is 11.8. The first kappa shape index (κ1) is 16.4. The van der Waals surface area contributed by atoms with E-state index < -0.39 is 0 Å². The molecule has 0 aromatic rings. The summed E-state index contributed by atoms with van der Waals surface area (Å²) in [5, 5.41) is 3.18. The van der Waals surface area contributed by atoms with Crippen molar-refractivity contribution in [1.82, 2.24) is 10.2 Å².